The van der Waals surface area contributed by atoms with Crippen LogP contribution in [-0.4, -0.2) is 15.6 Å². The van der Waals surface area contributed by atoms with Crippen LogP contribution in [0.1, 0.15) is 17.3 Å². The van der Waals surface area contributed by atoms with E-state index >= 15 is 0 Å². The predicted octanol–water partition coefficient (Wildman–Crippen LogP) is 2.21. The normalized spacial score (nSPS) is 10.3. The molecule has 0 spiro atoms. The first kappa shape index (κ1) is 9.58. The fourth-order valence-corrected chi connectivity index (χ4v) is 1.46. The number of hydrogen-bond acceptors (Lipinski definition) is 2. The van der Waals surface area contributed by atoms with Crippen LogP contribution >= 0.6 is 0 Å². The van der Waals surface area contributed by atoms with Crippen molar-refractivity contribution in [1.29, 1.82) is 0 Å². The number of ketones is 1. The Morgan fingerprint density at radius 3 is 2.80 bits per heavy atom. The van der Waals surface area contributed by atoms with Gasteiger partial charge >= 0.3 is 0 Å². The molecule has 0 saturated heterocycles. The van der Waals surface area contributed by atoms with Gasteiger partial charge in [-0.05, 0) is 25.1 Å². The molecule has 0 aliphatic rings. The quantitative estimate of drug-likeness (QED) is 0.703. The van der Waals surface area contributed by atoms with E-state index in [1.165, 1.54) is 17.7 Å². The first-order valence-corrected chi connectivity index (χ1v) is 4.49. The van der Waals surface area contributed by atoms with Crippen molar-refractivity contribution in [3.8, 4) is 5.69 Å². The molecule has 15 heavy (non-hydrogen) atoms. The number of Topliss-reactive ketones (excluding diaryl/α,β-unsaturated/α-hetero) is 1. The Hall–Kier alpha value is -1.97. The van der Waals surface area contributed by atoms with Crippen molar-refractivity contribution >= 4 is 5.78 Å². The van der Waals surface area contributed by atoms with E-state index in [0.29, 0.717) is 5.69 Å². The molecule has 0 aliphatic heterocycles. The lowest BCUT2D eigenvalue weighted by Gasteiger charge is -2.07. The van der Waals surface area contributed by atoms with Gasteiger partial charge in [-0.2, -0.15) is 5.10 Å². The molecule has 1 heterocycles. The highest BCUT2D eigenvalue weighted by atomic mass is 19.1. The summed E-state index contributed by atoms with van der Waals surface area (Å²) in [5.41, 5.74) is 0.536. The van der Waals surface area contributed by atoms with Gasteiger partial charge in [-0.1, -0.05) is 6.07 Å². The van der Waals surface area contributed by atoms with E-state index < -0.39 is 5.82 Å². The Morgan fingerprint density at radius 2 is 2.20 bits per heavy atom. The van der Waals surface area contributed by atoms with Gasteiger partial charge < -0.3 is 0 Å². The number of benzene rings is 1. The molecule has 1 aromatic heterocycles. The van der Waals surface area contributed by atoms with Gasteiger partial charge in [0, 0.05) is 12.4 Å². The molecule has 76 valence electrons. The van der Waals surface area contributed by atoms with Gasteiger partial charge in [0.15, 0.2) is 5.78 Å². The van der Waals surface area contributed by atoms with Crippen LogP contribution in [0.15, 0.2) is 36.7 Å². The molecule has 0 atom stereocenters. The van der Waals surface area contributed by atoms with E-state index in [4.69, 9.17) is 0 Å². The number of carbonyl (C=O) groups excluding carboxylic acids is 1. The lowest BCUT2D eigenvalue weighted by molar-refractivity contribution is 0.101. The second-order valence-electron chi connectivity index (χ2n) is 3.14. The number of hydrogen-bond donors (Lipinski definition) is 0. The molecule has 0 saturated carbocycles. The summed E-state index contributed by atoms with van der Waals surface area (Å²) in [4.78, 5) is 11.3. The maximum atomic E-state index is 13.4. The van der Waals surface area contributed by atoms with Gasteiger partial charge in [-0.25, -0.2) is 9.07 Å². The minimum atomic E-state index is -0.518. The van der Waals surface area contributed by atoms with Crippen LogP contribution in [-0.2, 0) is 0 Å². The van der Waals surface area contributed by atoms with Gasteiger partial charge in [-0.15, -0.1) is 0 Å². The molecule has 3 nitrogen and oxygen atoms in total. The molecule has 0 N–H and O–H groups in total. The second-order valence-corrected chi connectivity index (χ2v) is 3.14. The third-order valence-electron chi connectivity index (χ3n) is 2.09. The Morgan fingerprint density at radius 1 is 1.40 bits per heavy atom. The lowest BCUT2D eigenvalue weighted by atomic mass is 10.1. The smallest absolute Gasteiger partial charge is 0.164 e. The summed E-state index contributed by atoms with van der Waals surface area (Å²) < 4.78 is 14.9. The van der Waals surface area contributed by atoms with Gasteiger partial charge in [0.05, 0.1) is 11.3 Å². The summed E-state index contributed by atoms with van der Waals surface area (Å²) in [5, 5.41) is 3.97. The molecule has 2 rings (SSSR count). The average molecular weight is 204 g/mol. The maximum absolute atomic E-state index is 13.4. The zero-order valence-electron chi connectivity index (χ0n) is 8.14. The topological polar surface area (TPSA) is 34.9 Å². The molecular weight excluding hydrogens is 195 g/mol. The summed E-state index contributed by atoms with van der Waals surface area (Å²) in [7, 11) is 0. The van der Waals surface area contributed by atoms with Gasteiger partial charge in [0.25, 0.3) is 0 Å². The third-order valence-corrected chi connectivity index (χ3v) is 2.09. The summed E-state index contributed by atoms with van der Waals surface area (Å²) in [6.45, 7) is 1.34. The van der Waals surface area contributed by atoms with E-state index in [0.717, 1.165) is 0 Å². The summed E-state index contributed by atoms with van der Waals surface area (Å²) in [6.07, 6.45) is 3.25. The molecule has 2 aromatic rings. The monoisotopic (exact) mass is 204 g/mol. The van der Waals surface area contributed by atoms with Crippen LogP contribution in [0.3, 0.4) is 0 Å². The van der Waals surface area contributed by atoms with Gasteiger partial charge in [-0.3, -0.25) is 4.79 Å². The lowest BCUT2D eigenvalue weighted by Crippen LogP contribution is -2.06. The molecule has 0 fully saturated rings. The number of carbonyl (C=O) groups is 1. The van der Waals surface area contributed by atoms with Crippen molar-refractivity contribution in [3.63, 3.8) is 0 Å². The number of halogens is 1. The van der Waals surface area contributed by atoms with Crippen LogP contribution < -0.4 is 0 Å². The standard InChI is InChI=1S/C11H9FN2O/c1-8(15)11-9(12)4-2-5-10(11)14-7-3-6-13-14/h2-7H,1H3. The van der Waals surface area contributed by atoms with Crippen molar-refractivity contribution in [2.45, 2.75) is 6.92 Å². The van der Waals surface area contributed by atoms with Crippen molar-refractivity contribution in [2.24, 2.45) is 0 Å². The van der Waals surface area contributed by atoms with E-state index in [1.54, 1.807) is 30.6 Å². The zero-order chi connectivity index (χ0) is 10.8. The SMILES string of the molecule is CC(=O)c1c(F)cccc1-n1cccn1. The second kappa shape index (κ2) is 3.65. The van der Waals surface area contributed by atoms with Crippen molar-refractivity contribution in [1.82, 2.24) is 9.78 Å². The number of aromatic nitrogens is 2. The van der Waals surface area contributed by atoms with Gasteiger partial charge in [0.2, 0.25) is 0 Å². The first-order chi connectivity index (χ1) is 7.20. The molecule has 0 radical (unpaired) electrons. The van der Waals surface area contributed by atoms with Crippen LogP contribution in [0, 0.1) is 5.82 Å². The Balaban J connectivity index is 2.66. The van der Waals surface area contributed by atoms with Crippen LogP contribution in [0.25, 0.3) is 5.69 Å². The predicted molar refractivity (Wildman–Crippen MR) is 53.5 cm³/mol. The minimum absolute atomic E-state index is 0.0706. The van der Waals surface area contributed by atoms with Crippen molar-refractivity contribution in [2.75, 3.05) is 0 Å². The zero-order valence-corrected chi connectivity index (χ0v) is 8.14. The fourth-order valence-electron chi connectivity index (χ4n) is 1.46. The molecular formula is C11H9FN2O. The molecule has 4 heteroatoms. The van der Waals surface area contributed by atoms with E-state index in [-0.39, 0.29) is 11.3 Å². The van der Waals surface area contributed by atoms with Crippen molar-refractivity contribution in [3.05, 3.63) is 48.0 Å². The molecule has 0 bridgehead atoms. The third kappa shape index (κ3) is 1.66. The molecule has 0 unspecified atom stereocenters. The van der Waals surface area contributed by atoms with Crippen molar-refractivity contribution < 1.29 is 9.18 Å². The molecule has 0 amide bonds. The average Bonchev–Trinajstić information content (AvgIpc) is 2.69. The van der Waals surface area contributed by atoms with Crippen LogP contribution in [0.4, 0.5) is 4.39 Å². The highest BCUT2D eigenvalue weighted by Gasteiger charge is 2.13. The highest BCUT2D eigenvalue weighted by Crippen LogP contribution is 2.17. The Labute approximate surface area is 86.2 Å². The Kier molecular flexibility index (Phi) is 2.33. The minimum Gasteiger partial charge on any atom is -0.294 e. The van der Waals surface area contributed by atoms with E-state index in [9.17, 15) is 9.18 Å². The highest BCUT2D eigenvalue weighted by molar-refractivity contribution is 5.97. The maximum Gasteiger partial charge on any atom is 0.164 e. The largest absolute Gasteiger partial charge is 0.294 e. The van der Waals surface area contributed by atoms with E-state index in [1.807, 2.05) is 0 Å². The van der Waals surface area contributed by atoms with Crippen LogP contribution in [0.2, 0.25) is 0 Å². The number of rotatable bonds is 2. The molecule has 1 aromatic carbocycles. The van der Waals surface area contributed by atoms with Crippen LogP contribution in [0.5, 0.6) is 0 Å². The van der Waals surface area contributed by atoms with E-state index in [2.05, 4.69) is 5.10 Å². The Bertz CT molecular complexity index is 491. The molecule has 0 aliphatic carbocycles. The first-order valence-electron chi connectivity index (χ1n) is 4.49. The fraction of sp³-hybridized carbons (Fsp3) is 0.0909. The van der Waals surface area contributed by atoms with Gasteiger partial charge in [0.1, 0.15) is 5.82 Å². The number of nitrogens with zero attached hydrogens (tertiary/aromatic N) is 2. The summed E-state index contributed by atoms with van der Waals surface area (Å²) >= 11 is 0. The summed E-state index contributed by atoms with van der Waals surface area (Å²) in [6, 6.07) is 6.20. The summed E-state index contributed by atoms with van der Waals surface area (Å²) in [5.74, 6) is -0.825.